The zero-order valence-corrected chi connectivity index (χ0v) is 15.0. The Labute approximate surface area is 149 Å². The molecule has 1 aliphatic heterocycles. The minimum atomic E-state index is -0.0880. The largest absolute Gasteiger partial charge is 0.352 e. The Morgan fingerprint density at radius 1 is 1.28 bits per heavy atom. The Morgan fingerprint density at radius 3 is 3.00 bits per heavy atom. The number of amides is 1. The topological polar surface area (TPSA) is 78.1 Å². The molecule has 2 N–H and O–H groups in total. The summed E-state index contributed by atoms with van der Waals surface area (Å²) in [6.45, 7) is 1.42. The van der Waals surface area contributed by atoms with Gasteiger partial charge in [0.25, 0.3) is 5.56 Å². The molecule has 0 radical (unpaired) electrons. The van der Waals surface area contributed by atoms with Crippen molar-refractivity contribution in [2.45, 2.75) is 63.6 Å². The summed E-state index contributed by atoms with van der Waals surface area (Å²) in [6, 6.07) is 0.299. The van der Waals surface area contributed by atoms with E-state index in [1.54, 1.807) is 11.3 Å². The number of thiophene rings is 1. The summed E-state index contributed by atoms with van der Waals surface area (Å²) in [5.41, 5.74) is 1.20. The summed E-state index contributed by atoms with van der Waals surface area (Å²) >= 11 is 1.67. The van der Waals surface area contributed by atoms with E-state index in [4.69, 9.17) is 4.98 Å². The van der Waals surface area contributed by atoms with Crippen molar-refractivity contribution >= 4 is 27.5 Å². The highest BCUT2D eigenvalue weighted by molar-refractivity contribution is 7.18. The van der Waals surface area contributed by atoms with E-state index in [-0.39, 0.29) is 17.5 Å². The van der Waals surface area contributed by atoms with Gasteiger partial charge < -0.3 is 10.3 Å². The normalized spacial score (nSPS) is 23.3. The summed E-state index contributed by atoms with van der Waals surface area (Å²) in [5, 5.41) is 3.90. The molecular formula is C18H22N4O2S. The highest BCUT2D eigenvalue weighted by atomic mass is 32.1. The number of aromatic nitrogens is 2. The van der Waals surface area contributed by atoms with Crippen molar-refractivity contribution in [2.75, 3.05) is 6.54 Å². The van der Waals surface area contributed by atoms with Crippen molar-refractivity contribution in [1.29, 1.82) is 0 Å². The van der Waals surface area contributed by atoms with Gasteiger partial charge in [0.1, 0.15) is 10.7 Å². The van der Waals surface area contributed by atoms with E-state index in [1.807, 2.05) is 0 Å². The number of carbonyl (C=O) groups is 1. The molecule has 2 aliphatic carbocycles. The second-order valence-electron chi connectivity index (χ2n) is 7.46. The Kier molecular flexibility index (Phi) is 3.67. The quantitative estimate of drug-likeness (QED) is 0.872. The lowest BCUT2D eigenvalue weighted by Crippen LogP contribution is -2.44. The van der Waals surface area contributed by atoms with Crippen LogP contribution in [0.25, 0.3) is 10.2 Å². The molecule has 0 bridgehead atoms. The first kappa shape index (κ1) is 15.5. The first-order valence-electron chi connectivity index (χ1n) is 9.27. The van der Waals surface area contributed by atoms with Crippen molar-refractivity contribution in [3.8, 4) is 0 Å². The fourth-order valence-electron chi connectivity index (χ4n) is 4.15. The monoisotopic (exact) mass is 358 g/mol. The molecule has 25 heavy (non-hydrogen) atoms. The third kappa shape index (κ3) is 2.79. The average Bonchev–Trinajstić information content (AvgIpc) is 2.97. The molecular weight excluding hydrogens is 336 g/mol. The number of rotatable bonds is 4. The van der Waals surface area contributed by atoms with E-state index < -0.39 is 0 Å². The third-order valence-corrected chi connectivity index (χ3v) is 6.75. The van der Waals surface area contributed by atoms with Gasteiger partial charge in [-0.15, -0.1) is 11.3 Å². The van der Waals surface area contributed by atoms with Gasteiger partial charge in [-0.2, -0.15) is 0 Å². The molecule has 0 spiro atoms. The van der Waals surface area contributed by atoms with Gasteiger partial charge in [0.05, 0.1) is 18.0 Å². The lowest BCUT2D eigenvalue weighted by atomic mass is 10.2. The molecule has 1 amide bonds. The van der Waals surface area contributed by atoms with E-state index >= 15 is 0 Å². The zero-order valence-electron chi connectivity index (χ0n) is 14.1. The van der Waals surface area contributed by atoms with Crippen LogP contribution < -0.4 is 10.9 Å². The number of carbonyl (C=O) groups excluding carboxylic acids is 1. The maximum atomic E-state index is 12.6. The SMILES string of the molecule is O=C(NC1CC1)[C@@H]1CCCN1Cc1nc2sc3c(c2c(=O)[nH]1)CCC3. The average molecular weight is 358 g/mol. The minimum Gasteiger partial charge on any atom is -0.352 e. The van der Waals surface area contributed by atoms with Gasteiger partial charge in [0.15, 0.2) is 0 Å². The predicted octanol–water partition coefficient (Wildman–Crippen LogP) is 1.72. The molecule has 6 nitrogen and oxygen atoms in total. The van der Waals surface area contributed by atoms with Crippen LogP contribution in [0.1, 0.15) is 48.4 Å². The number of hydrogen-bond donors (Lipinski definition) is 2. The number of aromatic amines is 1. The van der Waals surface area contributed by atoms with Gasteiger partial charge in [-0.25, -0.2) is 4.98 Å². The maximum absolute atomic E-state index is 12.6. The van der Waals surface area contributed by atoms with Gasteiger partial charge in [0.2, 0.25) is 5.91 Å². The van der Waals surface area contributed by atoms with E-state index in [0.717, 1.165) is 61.7 Å². The Bertz CT molecular complexity index is 898. The first-order chi connectivity index (χ1) is 12.2. The molecule has 7 heteroatoms. The van der Waals surface area contributed by atoms with E-state index in [2.05, 4.69) is 15.2 Å². The van der Waals surface area contributed by atoms with Crippen LogP contribution in [0, 0.1) is 0 Å². The molecule has 1 saturated heterocycles. The van der Waals surface area contributed by atoms with Gasteiger partial charge in [-0.05, 0) is 57.1 Å². The van der Waals surface area contributed by atoms with Crippen molar-refractivity contribution < 1.29 is 4.79 Å². The lowest BCUT2D eigenvalue weighted by molar-refractivity contribution is -0.125. The molecule has 3 aliphatic rings. The van der Waals surface area contributed by atoms with Gasteiger partial charge >= 0.3 is 0 Å². The fraction of sp³-hybridized carbons (Fsp3) is 0.611. The summed E-state index contributed by atoms with van der Waals surface area (Å²) in [5.74, 6) is 0.821. The Morgan fingerprint density at radius 2 is 2.16 bits per heavy atom. The zero-order chi connectivity index (χ0) is 17.0. The molecule has 1 atom stereocenters. The third-order valence-electron chi connectivity index (χ3n) is 5.57. The number of nitrogens with one attached hydrogen (secondary N) is 2. The highest BCUT2D eigenvalue weighted by Gasteiger charge is 2.34. The highest BCUT2D eigenvalue weighted by Crippen LogP contribution is 2.34. The second-order valence-corrected chi connectivity index (χ2v) is 8.55. The van der Waals surface area contributed by atoms with Crippen LogP contribution in [0.3, 0.4) is 0 Å². The Balaban J connectivity index is 1.39. The standard InChI is InChI=1S/C18H22N4O2S/c23-16(19-10-6-7-10)12-4-2-8-22(12)9-14-20-17(24)15-11-3-1-5-13(11)25-18(15)21-14/h10,12H,1-9H2,(H,19,23)(H,20,21,24)/t12-/m0/s1. The molecule has 5 rings (SSSR count). The molecule has 132 valence electrons. The molecule has 1 saturated carbocycles. The van der Waals surface area contributed by atoms with Crippen LogP contribution >= 0.6 is 11.3 Å². The smallest absolute Gasteiger partial charge is 0.259 e. The molecule has 3 heterocycles. The Hall–Kier alpha value is -1.73. The lowest BCUT2D eigenvalue weighted by Gasteiger charge is -2.23. The van der Waals surface area contributed by atoms with Gasteiger partial charge in [-0.1, -0.05) is 0 Å². The van der Waals surface area contributed by atoms with Crippen LogP contribution in [-0.2, 0) is 24.2 Å². The van der Waals surface area contributed by atoms with E-state index in [1.165, 1.54) is 10.4 Å². The molecule has 2 fully saturated rings. The number of nitrogens with zero attached hydrogens (tertiary/aromatic N) is 2. The van der Waals surface area contributed by atoms with Crippen LogP contribution in [0.4, 0.5) is 0 Å². The van der Waals surface area contributed by atoms with Crippen LogP contribution in [0.15, 0.2) is 4.79 Å². The summed E-state index contributed by atoms with van der Waals surface area (Å²) in [6.07, 6.45) is 7.32. The number of hydrogen-bond acceptors (Lipinski definition) is 5. The van der Waals surface area contributed by atoms with Crippen LogP contribution in [-0.4, -0.2) is 39.4 Å². The van der Waals surface area contributed by atoms with Gasteiger partial charge in [0, 0.05) is 10.9 Å². The number of H-pyrrole nitrogens is 1. The predicted molar refractivity (Wildman–Crippen MR) is 96.9 cm³/mol. The first-order valence-corrected chi connectivity index (χ1v) is 10.1. The number of likely N-dealkylation sites (tertiary alicyclic amines) is 1. The van der Waals surface area contributed by atoms with Crippen molar-refractivity contribution in [3.63, 3.8) is 0 Å². The summed E-state index contributed by atoms with van der Waals surface area (Å²) in [7, 11) is 0. The van der Waals surface area contributed by atoms with Crippen LogP contribution in [0.5, 0.6) is 0 Å². The molecule has 2 aromatic rings. The fourth-order valence-corrected chi connectivity index (χ4v) is 5.43. The van der Waals surface area contributed by atoms with E-state index in [0.29, 0.717) is 18.4 Å². The molecule has 0 aromatic carbocycles. The van der Waals surface area contributed by atoms with E-state index in [9.17, 15) is 9.59 Å². The van der Waals surface area contributed by atoms with Crippen LogP contribution in [0.2, 0.25) is 0 Å². The molecule has 2 aromatic heterocycles. The maximum Gasteiger partial charge on any atom is 0.259 e. The second kappa shape index (κ2) is 5.92. The van der Waals surface area contributed by atoms with Gasteiger partial charge in [-0.3, -0.25) is 14.5 Å². The summed E-state index contributed by atoms with van der Waals surface area (Å²) in [4.78, 5) is 37.0. The minimum absolute atomic E-state index is 0.0161. The molecule has 0 unspecified atom stereocenters. The number of fused-ring (bicyclic) bond motifs is 3. The number of aryl methyl sites for hydroxylation is 2. The van der Waals surface area contributed by atoms with Crippen molar-refractivity contribution in [2.24, 2.45) is 0 Å². The van der Waals surface area contributed by atoms with Crippen molar-refractivity contribution in [3.05, 3.63) is 26.6 Å². The van der Waals surface area contributed by atoms with Crippen molar-refractivity contribution in [1.82, 2.24) is 20.2 Å². The summed E-state index contributed by atoms with van der Waals surface area (Å²) < 4.78 is 0.